The van der Waals surface area contributed by atoms with Crippen LogP contribution in [0.3, 0.4) is 0 Å². The van der Waals surface area contributed by atoms with Gasteiger partial charge >= 0.3 is 0 Å². The molecular weight excluding hydrogens is 238 g/mol. The number of carbonyl (C=O) groups excluding carboxylic acids is 1. The summed E-state index contributed by atoms with van der Waals surface area (Å²) in [5.74, 6) is 0.715. The summed E-state index contributed by atoms with van der Waals surface area (Å²) in [5, 5.41) is 3.07. The molecule has 0 unspecified atom stereocenters. The van der Waals surface area contributed by atoms with Crippen molar-refractivity contribution in [2.75, 3.05) is 13.2 Å². The number of ether oxygens (including phenoxy) is 1. The highest BCUT2D eigenvalue weighted by molar-refractivity contribution is 5.77. The maximum Gasteiger partial charge on any atom is 0.246 e. The Balaban J connectivity index is 1.72. The molecule has 0 heterocycles. The van der Waals surface area contributed by atoms with E-state index < -0.39 is 0 Å². The van der Waals surface area contributed by atoms with Crippen LogP contribution in [-0.4, -0.2) is 25.2 Å². The Morgan fingerprint density at radius 2 is 2.11 bits per heavy atom. The lowest BCUT2D eigenvalue weighted by Gasteiger charge is -2.13. The number of hydrogen-bond donors (Lipinski definition) is 1. The highest BCUT2D eigenvalue weighted by atomic mass is 16.5. The second-order valence-corrected chi connectivity index (χ2v) is 5.27. The quantitative estimate of drug-likeness (QED) is 0.854. The van der Waals surface area contributed by atoms with Gasteiger partial charge in [-0.2, -0.15) is 0 Å². The molecule has 0 radical (unpaired) electrons. The van der Waals surface area contributed by atoms with E-state index in [9.17, 15) is 4.79 Å². The van der Waals surface area contributed by atoms with Gasteiger partial charge in [0.25, 0.3) is 0 Å². The summed E-state index contributed by atoms with van der Waals surface area (Å²) in [5.41, 5.74) is 1.40. The van der Waals surface area contributed by atoms with Gasteiger partial charge in [-0.3, -0.25) is 4.79 Å². The first kappa shape index (κ1) is 14.1. The second kappa shape index (κ2) is 7.29. The Labute approximate surface area is 115 Å². The highest BCUT2D eigenvalue weighted by Gasteiger charge is 2.25. The number of rotatable bonds is 6. The molecule has 1 aliphatic rings. The number of nitrogens with one attached hydrogen (secondary N) is 1. The van der Waals surface area contributed by atoms with Gasteiger partial charge in [-0.1, -0.05) is 30.3 Å². The normalized spacial score (nSPS) is 22.4. The Kier molecular flexibility index (Phi) is 5.40. The number of hydrogen-bond acceptors (Lipinski definition) is 2. The maximum atomic E-state index is 11.6. The highest BCUT2D eigenvalue weighted by Crippen LogP contribution is 2.28. The lowest BCUT2D eigenvalue weighted by atomic mass is 9.98. The van der Waals surface area contributed by atoms with Crippen LogP contribution in [0.15, 0.2) is 30.3 Å². The van der Waals surface area contributed by atoms with Crippen molar-refractivity contribution in [3.63, 3.8) is 0 Å². The molecule has 2 rings (SSSR count). The first-order chi connectivity index (χ1) is 9.28. The molecule has 1 aromatic carbocycles. The first-order valence-electron chi connectivity index (χ1n) is 7.19. The van der Waals surface area contributed by atoms with E-state index in [0.717, 1.165) is 19.3 Å². The zero-order valence-electron chi connectivity index (χ0n) is 11.6. The van der Waals surface area contributed by atoms with Gasteiger partial charge in [0.05, 0.1) is 0 Å². The van der Waals surface area contributed by atoms with E-state index in [0.29, 0.717) is 18.6 Å². The Morgan fingerprint density at radius 1 is 1.32 bits per heavy atom. The fourth-order valence-electron chi connectivity index (χ4n) is 2.80. The molecule has 1 N–H and O–H groups in total. The van der Waals surface area contributed by atoms with Gasteiger partial charge in [-0.25, -0.2) is 0 Å². The molecule has 19 heavy (non-hydrogen) atoms. The molecule has 0 saturated heterocycles. The van der Waals surface area contributed by atoms with Gasteiger partial charge in [-0.05, 0) is 44.1 Å². The summed E-state index contributed by atoms with van der Waals surface area (Å²) in [6.45, 7) is 2.68. The van der Waals surface area contributed by atoms with Crippen LogP contribution < -0.4 is 5.32 Å². The Bertz CT molecular complexity index is 391. The summed E-state index contributed by atoms with van der Waals surface area (Å²) in [7, 11) is 0. The molecule has 3 nitrogen and oxygen atoms in total. The molecule has 104 valence electrons. The van der Waals surface area contributed by atoms with E-state index >= 15 is 0 Å². The lowest BCUT2D eigenvalue weighted by molar-refractivity contribution is -0.126. The molecule has 0 aliphatic heterocycles. The summed E-state index contributed by atoms with van der Waals surface area (Å²) >= 11 is 0. The van der Waals surface area contributed by atoms with Crippen LogP contribution in [0.25, 0.3) is 0 Å². The van der Waals surface area contributed by atoms with E-state index in [2.05, 4.69) is 35.6 Å². The fourth-order valence-corrected chi connectivity index (χ4v) is 2.80. The van der Waals surface area contributed by atoms with Crippen molar-refractivity contribution in [3.8, 4) is 0 Å². The van der Waals surface area contributed by atoms with Gasteiger partial charge < -0.3 is 10.1 Å². The van der Waals surface area contributed by atoms with E-state index in [4.69, 9.17) is 4.74 Å². The van der Waals surface area contributed by atoms with Crippen molar-refractivity contribution < 1.29 is 9.53 Å². The maximum absolute atomic E-state index is 11.6. The third-order valence-electron chi connectivity index (χ3n) is 3.71. The SMILES string of the molecule is CCOCC(=O)N[C@H]1CC[C@@H](Cc2ccccc2)C1. The van der Waals surface area contributed by atoms with Crippen molar-refractivity contribution >= 4 is 5.91 Å². The largest absolute Gasteiger partial charge is 0.372 e. The molecule has 1 aromatic rings. The molecule has 1 aliphatic carbocycles. The summed E-state index contributed by atoms with van der Waals surface area (Å²) in [6, 6.07) is 10.9. The zero-order valence-corrected chi connectivity index (χ0v) is 11.6. The standard InChI is InChI=1S/C16H23NO2/c1-2-19-12-16(18)17-15-9-8-14(11-15)10-13-6-4-3-5-7-13/h3-7,14-15H,2,8-12H2,1H3,(H,17,18)/t14-,15-/m0/s1. The minimum Gasteiger partial charge on any atom is -0.372 e. The Morgan fingerprint density at radius 3 is 2.84 bits per heavy atom. The first-order valence-corrected chi connectivity index (χ1v) is 7.19. The van der Waals surface area contributed by atoms with Crippen molar-refractivity contribution in [2.45, 2.75) is 38.6 Å². The van der Waals surface area contributed by atoms with Crippen LogP contribution in [0.1, 0.15) is 31.7 Å². The van der Waals surface area contributed by atoms with E-state index in [1.807, 2.05) is 6.92 Å². The van der Waals surface area contributed by atoms with Crippen LogP contribution in [0.5, 0.6) is 0 Å². The van der Waals surface area contributed by atoms with E-state index in [1.54, 1.807) is 0 Å². The molecule has 3 heteroatoms. The molecule has 2 atom stereocenters. The molecule has 1 saturated carbocycles. The van der Waals surface area contributed by atoms with E-state index in [-0.39, 0.29) is 12.5 Å². The van der Waals surface area contributed by atoms with Crippen molar-refractivity contribution in [2.24, 2.45) is 5.92 Å². The third kappa shape index (κ3) is 4.67. The minimum absolute atomic E-state index is 0.0206. The molecule has 0 aromatic heterocycles. The van der Waals surface area contributed by atoms with Crippen molar-refractivity contribution in [3.05, 3.63) is 35.9 Å². The predicted octanol–water partition coefficient (Wildman–Crippen LogP) is 2.55. The van der Waals surface area contributed by atoms with Gasteiger partial charge in [0, 0.05) is 12.6 Å². The van der Waals surface area contributed by atoms with Crippen LogP contribution in [-0.2, 0) is 16.0 Å². The summed E-state index contributed by atoms with van der Waals surface area (Å²) in [6.07, 6.45) is 4.51. The monoisotopic (exact) mass is 261 g/mol. The van der Waals surface area contributed by atoms with Crippen molar-refractivity contribution in [1.29, 1.82) is 0 Å². The zero-order chi connectivity index (χ0) is 13.5. The van der Waals surface area contributed by atoms with Crippen LogP contribution in [0.4, 0.5) is 0 Å². The number of benzene rings is 1. The van der Waals surface area contributed by atoms with Crippen LogP contribution in [0.2, 0.25) is 0 Å². The molecule has 1 amide bonds. The molecular formula is C16H23NO2. The second-order valence-electron chi connectivity index (χ2n) is 5.27. The lowest BCUT2D eigenvalue weighted by Crippen LogP contribution is -2.35. The van der Waals surface area contributed by atoms with Gasteiger partial charge in [0.15, 0.2) is 0 Å². The van der Waals surface area contributed by atoms with Crippen LogP contribution >= 0.6 is 0 Å². The predicted molar refractivity (Wildman–Crippen MR) is 75.9 cm³/mol. The summed E-state index contributed by atoms with van der Waals surface area (Å²) < 4.78 is 5.12. The minimum atomic E-state index is 0.0206. The van der Waals surface area contributed by atoms with Gasteiger partial charge in [0.2, 0.25) is 5.91 Å². The number of amides is 1. The fraction of sp³-hybridized carbons (Fsp3) is 0.562. The van der Waals surface area contributed by atoms with Gasteiger partial charge in [0.1, 0.15) is 6.61 Å². The summed E-state index contributed by atoms with van der Waals surface area (Å²) in [4.78, 5) is 11.6. The molecule has 0 spiro atoms. The average Bonchev–Trinajstić information content (AvgIpc) is 2.85. The molecule has 0 bridgehead atoms. The smallest absolute Gasteiger partial charge is 0.246 e. The van der Waals surface area contributed by atoms with Gasteiger partial charge in [-0.15, -0.1) is 0 Å². The topological polar surface area (TPSA) is 38.3 Å². The Hall–Kier alpha value is -1.35. The van der Waals surface area contributed by atoms with E-state index in [1.165, 1.54) is 12.0 Å². The average molecular weight is 261 g/mol. The number of carbonyl (C=O) groups is 1. The molecule has 1 fully saturated rings. The van der Waals surface area contributed by atoms with Crippen LogP contribution in [0, 0.1) is 5.92 Å². The third-order valence-corrected chi connectivity index (χ3v) is 3.71. The van der Waals surface area contributed by atoms with Crippen molar-refractivity contribution in [1.82, 2.24) is 5.32 Å².